The molecule has 0 unspecified atom stereocenters. The zero-order valence-electron chi connectivity index (χ0n) is 8.53. The first-order valence-electron chi connectivity index (χ1n) is 4.57. The van der Waals surface area contributed by atoms with Crippen molar-refractivity contribution in [2.45, 2.75) is 32.4 Å². The van der Waals surface area contributed by atoms with Gasteiger partial charge in [-0.25, -0.2) is 0 Å². The van der Waals surface area contributed by atoms with Gasteiger partial charge in [0.15, 0.2) is 0 Å². The van der Waals surface area contributed by atoms with Gasteiger partial charge in [0.1, 0.15) is 0 Å². The van der Waals surface area contributed by atoms with Crippen molar-refractivity contribution < 1.29 is 5.11 Å². The largest absolute Gasteiger partial charge is 0.398 e. The van der Waals surface area contributed by atoms with Crippen LogP contribution in [0.4, 0.5) is 5.69 Å². The first-order chi connectivity index (χ1) is 6.38. The maximum Gasteiger partial charge on any atom is 0.250 e. The number of aromatic nitrogens is 1. The molecule has 78 valence electrons. The first-order valence-corrected chi connectivity index (χ1v) is 4.57. The normalized spacial score (nSPS) is 11.6. The van der Waals surface area contributed by atoms with Crippen LogP contribution in [0.5, 0.6) is 0 Å². The standard InChI is InChI=1S/C10H16N2O2/c1-10(2,14)5-6-12-7-8(11)3-4-9(12)13/h3-4,7,14H,5-6,11H2,1-2H3. The van der Waals surface area contributed by atoms with E-state index < -0.39 is 5.60 Å². The zero-order chi connectivity index (χ0) is 10.8. The molecule has 14 heavy (non-hydrogen) atoms. The van der Waals surface area contributed by atoms with E-state index in [0.717, 1.165) is 0 Å². The van der Waals surface area contributed by atoms with Gasteiger partial charge in [-0.1, -0.05) is 0 Å². The van der Waals surface area contributed by atoms with Gasteiger partial charge < -0.3 is 15.4 Å². The minimum absolute atomic E-state index is 0.0940. The molecule has 1 heterocycles. The SMILES string of the molecule is CC(C)(O)CCn1cc(N)ccc1=O. The van der Waals surface area contributed by atoms with E-state index in [2.05, 4.69) is 0 Å². The summed E-state index contributed by atoms with van der Waals surface area (Å²) < 4.78 is 1.51. The van der Waals surface area contributed by atoms with Gasteiger partial charge in [-0.15, -0.1) is 0 Å². The van der Waals surface area contributed by atoms with Crippen molar-refractivity contribution in [2.75, 3.05) is 5.73 Å². The van der Waals surface area contributed by atoms with E-state index in [1.807, 2.05) is 0 Å². The van der Waals surface area contributed by atoms with Gasteiger partial charge in [0.2, 0.25) is 0 Å². The van der Waals surface area contributed by atoms with Crippen LogP contribution in [0.25, 0.3) is 0 Å². The Bertz CT molecular complexity index is 363. The summed E-state index contributed by atoms with van der Waals surface area (Å²) in [7, 11) is 0. The van der Waals surface area contributed by atoms with Crippen LogP contribution in [0.3, 0.4) is 0 Å². The van der Waals surface area contributed by atoms with Crippen LogP contribution in [-0.4, -0.2) is 15.3 Å². The number of hydrogen-bond acceptors (Lipinski definition) is 3. The summed E-state index contributed by atoms with van der Waals surface area (Å²) in [5.41, 5.74) is 5.25. The maximum atomic E-state index is 11.3. The van der Waals surface area contributed by atoms with E-state index in [0.29, 0.717) is 18.7 Å². The molecular formula is C10H16N2O2. The van der Waals surface area contributed by atoms with E-state index in [9.17, 15) is 9.90 Å². The fourth-order valence-electron chi connectivity index (χ4n) is 1.12. The lowest BCUT2D eigenvalue weighted by Gasteiger charge is -2.17. The quantitative estimate of drug-likeness (QED) is 0.743. The van der Waals surface area contributed by atoms with Gasteiger partial charge in [0.05, 0.1) is 5.60 Å². The molecule has 0 bridgehead atoms. The molecule has 0 saturated carbocycles. The molecule has 0 radical (unpaired) electrons. The molecule has 0 aliphatic heterocycles. The third kappa shape index (κ3) is 3.22. The fraction of sp³-hybridized carbons (Fsp3) is 0.500. The molecule has 4 nitrogen and oxygen atoms in total. The topological polar surface area (TPSA) is 68.2 Å². The first kappa shape index (κ1) is 10.8. The average Bonchev–Trinajstić information content (AvgIpc) is 2.05. The van der Waals surface area contributed by atoms with Crippen LogP contribution in [-0.2, 0) is 6.54 Å². The monoisotopic (exact) mass is 196 g/mol. The van der Waals surface area contributed by atoms with Crippen molar-refractivity contribution in [1.82, 2.24) is 4.57 Å². The molecule has 0 spiro atoms. The second-order valence-electron chi connectivity index (χ2n) is 4.06. The summed E-state index contributed by atoms with van der Waals surface area (Å²) in [6.45, 7) is 3.90. The van der Waals surface area contributed by atoms with Crippen molar-refractivity contribution >= 4 is 5.69 Å². The number of rotatable bonds is 3. The number of anilines is 1. The highest BCUT2D eigenvalue weighted by Crippen LogP contribution is 2.08. The lowest BCUT2D eigenvalue weighted by molar-refractivity contribution is 0.0659. The van der Waals surface area contributed by atoms with E-state index >= 15 is 0 Å². The molecule has 3 N–H and O–H groups in total. The van der Waals surface area contributed by atoms with E-state index in [-0.39, 0.29) is 5.56 Å². The molecule has 0 fully saturated rings. The van der Waals surface area contributed by atoms with Crippen LogP contribution in [0.2, 0.25) is 0 Å². The van der Waals surface area contributed by atoms with Crippen molar-refractivity contribution in [1.29, 1.82) is 0 Å². The average molecular weight is 196 g/mol. The molecule has 0 amide bonds. The van der Waals surface area contributed by atoms with Crippen LogP contribution < -0.4 is 11.3 Å². The summed E-state index contributed by atoms with van der Waals surface area (Å²) >= 11 is 0. The molecular weight excluding hydrogens is 180 g/mol. The van der Waals surface area contributed by atoms with Crippen LogP contribution in [0.15, 0.2) is 23.1 Å². The van der Waals surface area contributed by atoms with Gasteiger partial charge in [-0.2, -0.15) is 0 Å². The number of aliphatic hydroxyl groups is 1. The number of hydrogen-bond donors (Lipinski definition) is 2. The van der Waals surface area contributed by atoms with E-state index in [4.69, 9.17) is 5.73 Å². The summed E-state index contributed by atoms with van der Waals surface area (Å²) in [4.78, 5) is 11.3. The number of nitrogens with zero attached hydrogens (tertiary/aromatic N) is 1. The second kappa shape index (κ2) is 3.84. The van der Waals surface area contributed by atoms with Crippen LogP contribution in [0, 0.1) is 0 Å². The van der Waals surface area contributed by atoms with Crippen molar-refractivity contribution in [3.63, 3.8) is 0 Å². The molecule has 1 aromatic rings. The summed E-state index contributed by atoms with van der Waals surface area (Å²) in [5, 5.41) is 9.49. The Labute approximate surface area is 83.0 Å². The lowest BCUT2D eigenvalue weighted by Crippen LogP contribution is -2.26. The Morgan fingerprint density at radius 3 is 2.71 bits per heavy atom. The summed E-state index contributed by atoms with van der Waals surface area (Å²) in [6, 6.07) is 3.00. The highest BCUT2D eigenvalue weighted by Gasteiger charge is 2.12. The summed E-state index contributed by atoms with van der Waals surface area (Å²) in [6.07, 6.45) is 2.12. The van der Waals surface area contributed by atoms with Gasteiger partial charge in [0, 0.05) is 24.5 Å². The highest BCUT2D eigenvalue weighted by atomic mass is 16.3. The van der Waals surface area contributed by atoms with Crippen molar-refractivity contribution in [3.05, 3.63) is 28.7 Å². The highest BCUT2D eigenvalue weighted by molar-refractivity contribution is 5.33. The van der Waals surface area contributed by atoms with Crippen LogP contribution >= 0.6 is 0 Å². The molecule has 0 aliphatic rings. The minimum Gasteiger partial charge on any atom is -0.398 e. The third-order valence-corrected chi connectivity index (χ3v) is 1.97. The number of aryl methyl sites for hydroxylation is 1. The minimum atomic E-state index is -0.760. The Morgan fingerprint density at radius 1 is 1.50 bits per heavy atom. The Hall–Kier alpha value is -1.29. The fourth-order valence-corrected chi connectivity index (χ4v) is 1.12. The van der Waals surface area contributed by atoms with E-state index in [1.54, 1.807) is 26.1 Å². The number of nitrogen functional groups attached to an aromatic ring is 1. The summed E-state index contributed by atoms with van der Waals surface area (Å²) in [5.74, 6) is 0. The lowest BCUT2D eigenvalue weighted by atomic mass is 10.1. The molecule has 0 saturated heterocycles. The predicted octanol–water partition coefficient (Wildman–Crippen LogP) is 0.592. The van der Waals surface area contributed by atoms with Crippen molar-refractivity contribution in [2.24, 2.45) is 0 Å². The number of pyridine rings is 1. The van der Waals surface area contributed by atoms with Gasteiger partial charge in [0.25, 0.3) is 5.56 Å². The molecule has 0 atom stereocenters. The molecule has 1 rings (SSSR count). The van der Waals surface area contributed by atoms with Gasteiger partial charge in [-0.3, -0.25) is 4.79 Å². The molecule has 0 aliphatic carbocycles. The molecule has 1 aromatic heterocycles. The zero-order valence-corrected chi connectivity index (χ0v) is 8.53. The Morgan fingerprint density at radius 2 is 2.14 bits per heavy atom. The van der Waals surface area contributed by atoms with Crippen molar-refractivity contribution in [3.8, 4) is 0 Å². The molecule has 0 aromatic carbocycles. The molecule has 4 heteroatoms. The van der Waals surface area contributed by atoms with Gasteiger partial charge >= 0.3 is 0 Å². The predicted molar refractivity (Wildman–Crippen MR) is 56.0 cm³/mol. The van der Waals surface area contributed by atoms with Gasteiger partial charge in [-0.05, 0) is 26.3 Å². The Balaban J connectivity index is 2.77. The smallest absolute Gasteiger partial charge is 0.250 e. The Kier molecular flexibility index (Phi) is 2.96. The second-order valence-corrected chi connectivity index (χ2v) is 4.06. The van der Waals surface area contributed by atoms with Crippen LogP contribution in [0.1, 0.15) is 20.3 Å². The number of nitrogens with two attached hydrogens (primary N) is 1. The van der Waals surface area contributed by atoms with E-state index in [1.165, 1.54) is 10.6 Å². The third-order valence-electron chi connectivity index (χ3n) is 1.97. The maximum absolute atomic E-state index is 11.3.